The molecule has 0 saturated heterocycles. The van der Waals surface area contributed by atoms with E-state index < -0.39 is 26.2 Å². The topological polar surface area (TPSA) is 74.8 Å². The predicted octanol–water partition coefficient (Wildman–Crippen LogP) is 0.676. The first kappa shape index (κ1) is 17.8. The fourth-order valence-electron chi connectivity index (χ4n) is 1.50. The minimum Gasteiger partial charge on any atom is -0.212 e. The van der Waals surface area contributed by atoms with Crippen LogP contribution in [0, 0.1) is 0 Å². The Bertz CT molecular complexity index is 402. The highest BCUT2D eigenvalue weighted by Gasteiger charge is 2.30. The molecule has 0 saturated carbocycles. The first-order valence-corrected chi connectivity index (χ1v) is 9.23. The molecule has 0 bridgehead atoms. The van der Waals surface area contributed by atoms with E-state index in [1.54, 1.807) is 20.8 Å². The lowest BCUT2D eigenvalue weighted by atomic mass is 10.6. The quantitative estimate of drug-likeness (QED) is 0.618. The van der Waals surface area contributed by atoms with Gasteiger partial charge in [-0.15, -0.1) is 0 Å². The molecule has 0 aliphatic heterocycles. The van der Waals surface area contributed by atoms with E-state index in [0.29, 0.717) is 12.8 Å². The number of nitrogens with zero attached hydrogens (tertiary/aromatic N) is 2. The Kier molecular flexibility index (Phi) is 6.77. The molecule has 8 heteroatoms. The van der Waals surface area contributed by atoms with Crippen LogP contribution < -0.4 is 0 Å². The van der Waals surface area contributed by atoms with Crippen molar-refractivity contribution in [3.63, 3.8) is 0 Å². The molecule has 0 N–H and O–H groups in total. The number of rotatable bonds is 8. The van der Waals surface area contributed by atoms with Gasteiger partial charge in [0.2, 0.25) is 20.0 Å². The van der Waals surface area contributed by atoms with Crippen LogP contribution in [0.1, 0.15) is 33.6 Å². The van der Waals surface area contributed by atoms with E-state index in [1.165, 1.54) is 14.1 Å². The molecular formula is C10H24N2O4S2. The van der Waals surface area contributed by atoms with Gasteiger partial charge in [-0.1, -0.05) is 13.8 Å². The molecule has 0 atom stereocenters. The van der Waals surface area contributed by atoms with Crippen LogP contribution in [0.15, 0.2) is 0 Å². The van der Waals surface area contributed by atoms with Crippen molar-refractivity contribution in [1.29, 1.82) is 0 Å². The van der Waals surface area contributed by atoms with E-state index in [2.05, 4.69) is 0 Å². The largest absolute Gasteiger partial charge is 0.215 e. The molecule has 110 valence electrons. The molecule has 0 aliphatic rings. The van der Waals surface area contributed by atoms with Crippen LogP contribution in [0.25, 0.3) is 0 Å². The molecule has 0 aromatic rings. The molecular weight excluding hydrogens is 276 g/mol. The van der Waals surface area contributed by atoms with Crippen molar-refractivity contribution < 1.29 is 16.8 Å². The summed E-state index contributed by atoms with van der Waals surface area (Å²) in [5, 5.41) is 0. The standard InChI is InChI=1S/C10H24N2O4S2/c1-6-8-17(13,14)11(4)10(3)12(5)18(15,16)9-7-2/h10H,6-9H2,1-5H3. The maximum atomic E-state index is 11.9. The summed E-state index contributed by atoms with van der Waals surface area (Å²) >= 11 is 0. The van der Waals surface area contributed by atoms with Gasteiger partial charge < -0.3 is 0 Å². The van der Waals surface area contributed by atoms with Crippen LogP contribution in [0.4, 0.5) is 0 Å². The molecule has 18 heavy (non-hydrogen) atoms. The summed E-state index contributed by atoms with van der Waals surface area (Å²) < 4.78 is 49.7. The van der Waals surface area contributed by atoms with Crippen molar-refractivity contribution in [2.24, 2.45) is 0 Å². The highest BCUT2D eigenvalue weighted by molar-refractivity contribution is 7.89. The lowest BCUT2D eigenvalue weighted by Crippen LogP contribution is -2.49. The highest BCUT2D eigenvalue weighted by Crippen LogP contribution is 2.13. The minimum atomic E-state index is -3.40. The van der Waals surface area contributed by atoms with Crippen molar-refractivity contribution in [3.05, 3.63) is 0 Å². The van der Waals surface area contributed by atoms with Crippen molar-refractivity contribution in [3.8, 4) is 0 Å². The van der Waals surface area contributed by atoms with E-state index in [9.17, 15) is 16.8 Å². The molecule has 0 fully saturated rings. The van der Waals surface area contributed by atoms with Crippen LogP contribution in [-0.4, -0.2) is 57.2 Å². The Balaban J connectivity index is 5.01. The third-order valence-electron chi connectivity index (χ3n) is 2.85. The van der Waals surface area contributed by atoms with Gasteiger partial charge in [-0.3, -0.25) is 0 Å². The van der Waals surface area contributed by atoms with Crippen molar-refractivity contribution in [2.75, 3.05) is 25.6 Å². The van der Waals surface area contributed by atoms with Crippen LogP contribution in [0.2, 0.25) is 0 Å². The van der Waals surface area contributed by atoms with Crippen LogP contribution >= 0.6 is 0 Å². The zero-order valence-electron chi connectivity index (χ0n) is 11.7. The van der Waals surface area contributed by atoms with Crippen molar-refractivity contribution >= 4 is 20.0 Å². The summed E-state index contributed by atoms with van der Waals surface area (Å²) in [5.41, 5.74) is 0. The monoisotopic (exact) mass is 300 g/mol. The van der Waals surface area contributed by atoms with Gasteiger partial charge in [-0.25, -0.2) is 16.8 Å². The zero-order valence-corrected chi connectivity index (χ0v) is 13.4. The van der Waals surface area contributed by atoms with Crippen LogP contribution in [-0.2, 0) is 20.0 Å². The van der Waals surface area contributed by atoms with E-state index in [1.807, 2.05) is 0 Å². The normalized spacial score (nSPS) is 13.8. The lowest BCUT2D eigenvalue weighted by molar-refractivity contribution is 0.249. The van der Waals surface area contributed by atoms with E-state index >= 15 is 0 Å². The molecule has 0 spiro atoms. The van der Waals surface area contributed by atoms with E-state index in [0.717, 1.165) is 8.61 Å². The summed E-state index contributed by atoms with van der Waals surface area (Å²) in [6.45, 7) is 5.11. The molecule has 0 amide bonds. The summed E-state index contributed by atoms with van der Waals surface area (Å²) in [4.78, 5) is 0. The molecule has 0 heterocycles. The first-order valence-electron chi connectivity index (χ1n) is 6.01. The summed E-state index contributed by atoms with van der Waals surface area (Å²) in [6.07, 6.45) is 0.299. The molecule has 0 aromatic carbocycles. The van der Waals surface area contributed by atoms with Gasteiger partial charge in [0.15, 0.2) is 0 Å². The Morgan fingerprint density at radius 3 is 1.33 bits per heavy atom. The SMILES string of the molecule is CCCS(=O)(=O)N(C)C(C)N(C)S(=O)(=O)CCC. The summed E-state index contributed by atoms with van der Waals surface area (Å²) in [5.74, 6) is 0.0466. The highest BCUT2D eigenvalue weighted by atomic mass is 32.2. The summed E-state index contributed by atoms with van der Waals surface area (Å²) in [6, 6.07) is 0. The zero-order chi connectivity index (χ0) is 14.6. The van der Waals surface area contributed by atoms with Gasteiger partial charge in [-0.05, 0) is 19.8 Å². The molecule has 0 unspecified atom stereocenters. The second-order valence-electron chi connectivity index (χ2n) is 4.30. The third-order valence-corrected chi connectivity index (χ3v) is 7.07. The fraction of sp³-hybridized carbons (Fsp3) is 1.00. The Morgan fingerprint density at radius 2 is 1.11 bits per heavy atom. The van der Waals surface area contributed by atoms with Gasteiger partial charge in [0.25, 0.3) is 0 Å². The fourth-order valence-corrected chi connectivity index (χ4v) is 4.38. The van der Waals surface area contributed by atoms with Gasteiger partial charge >= 0.3 is 0 Å². The van der Waals surface area contributed by atoms with Crippen molar-refractivity contribution in [2.45, 2.75) is 39.8 Å². The maximum Gasteiger partial charge on any atom is 0.215 e. The Labute approximate surface area is 111 Å². The predicted molar refractivity (Wildman–Crippen MR) is 73.1 cm³/mol. The van der Waals surface area contributed by atoms with E-state index in [4.69, 9.17) is 0 Å². The maximum absolute atomic E-state index is 11.9. The second-order valence-corrected chi connectivity index (χ2v) is 8.59. The molecule has 0 radical (unpaired) electrons. The van der Waals surface area contributed by atoms with Gasteiger partial charge in [-0.2, -0.15) is 8.61 Å². The number of sulfonamides is 2. The lowest BCUT2D eigenvalue weighted by Gasteiger charge is -2.31. The molecule has 6 nitrogen and oxygen atoms in total. The molecule has 0 aliphatic carbocycles. The smallest absolute Gasteiger partial charge is 0.212 e. The van der Waals surface area contributed by atoms with Gasteiger partial charge in [0, 0.05) is 14.1 Å². The number of hydrogen-bond donors (Lipinski definition) is 0. The number of hydrogen-bond acceptors (Lipinski definition) is 4. The van der Waals surface area contributed by atoms with Gasteiger partial charge in [0.1, 0.15) is 0 Å². The molecule has 0 aromatic heterocycles. The Hall–Kier alpha value is -0.180. The van der Waals surface area contributed by atoms with Crippen LogP contribution in [0.3, 0.4) is 0 Å². The van der Waals surface area contributed by atoms with E-state index in [-0.39, 0.29) is 11.5 Å². The van der Waals surface area contributed by atoms with Gasteiger partial charge in [0.05, 0.1) is 17.7 Å². The molecule has 0 rings (SSSR count). The second kappa shape index (κ2) is 6.83. The van der Waals surface area contributed by atoms with Crippen LogP contribution in [0.5, 0.6) is 0 Å². The minimum absolute atomic E-state index is 0.0233. The first-order chi connectivity index (χ1) is 8.10. The third kappa shape index (κ3) is 4.49. The van der Waals surface area contributed by atoms with Crippen molar-refractivity contribution in [1.82, 2.24) is 8.61 Å². The Morgan fingerprint density at radius 1 is 0.833 bits per heavy atom. The average molecular weight is 300 g/mol. The summed E-state index contributed by atoms with van der Waals surface area (Å²) in [7, 11) is -3.98. The average Bonchev–Trinajstić information content (AvgIpc) is 2.25.